The molecule has 0 fully saturated rings. The smallest absolute Gasteiger partial charge is 0.748 e. The summed E-state index contributed by atoms with van der Waals surface area (Å²) in [7, 11) is -4.10. The Labute approximate surface area is 153 Å². The number of aliphatic hydroxyl groups excluding tert-OH is 1. The molecule has 2 atom stereocenters. The Morgan fingerprint density at radius 1 is 0.905 bits per heavy atom. The van der Waals surface area contributed by atoms with Crippen molar-refractivity contribution in [3.05, 3.63) is 0 Å². The molecule has 0 aliphatic heterocycles. The van der Waals surface area contributed by atoms with Crippen LogP contribution in [0.5, 0.6) is 0 Å². The summed E-state index contributed by atoms with van der Waals surface area (Å²) < 4.78 is 32.1. The van der Waals surface area contributed by atoms with Gasteiger partial charge < -0.3 is 9.66 Å². The Balaban J connectivity index is 0. The first-order valence-electron chi connectivity index (χ1n) is 8.00. The largest absolute Gasteiger partial charge is 1.00 e. The third kappa shape index (κ3) is 15.5. The maximum absolute atomic E-state index is 10.7. The van der Waals surface area contributed by atoms with E-state index < -0.39 is 15.4 Å². The molecule has 4 nitrogen and oxygen atoms in total. The molecular weight excluding hydrogens is 299 g/mol. The van der Waals surface area contributed by atoms with E-state index in [9.17, 15) is 18.1 Å². The Bertz CT molecular complexity index is 320. The number of hydrogen-bond acceptors (Lipinski definition) is 4. The standard InChI is InChI=1S/C15H32O4S.Na/c1-3-4-12-15(16)13-10-8-6-5-7-9-11-14(2)20(17,18)19;/h14-16H,3-13H2,1-2H3,(H,17,18,19);/q;+1/p-1. The number of unbranched alkanes of at least 4 members (excludes halogenated alkanes) is 6. The minimum Gasteiger partial charge on any atom is -0.748 e. The molecule has 0 heterocycles. The topological polar surface area (TPSA) is 77.4 Å². The quantitative estimate of drug-likeness (QED) is 0.305. The predicted octanol–water partition coefficient (Wildman–Crippen LogP) is 0.596. The van der Waals surface area contributed by atoms with Crippen molar-refractivity contribution in [1.82, 2.24) is 0 Å². The zero-order valence-corrected chi connectivity index (χ0v) is 16.8. The molecule has 0 saturated heterocycles. The fourth-order valence-electron chi connectivity index (χ4n) is 2.25. The summed E-state index contributed by atoms with van der Waals surface area (Å²) >= 11 is 0. The normalized spacial score (nSPS) is 14.5. The molecule has 6 heteroatoms. The van der Waals surface area contributed by atoms with Gasteiger partial charge in [0.15, 0.2) is 0 Å². The van der Waals surface area contributed by atoms with Gasteiger partial charge in [-0.3, -0.25) is 0 Å². The summed E-state index contributed by atoms with van der Waals surface area (Å²) in [6.07, 6.45) is 10.6. The average molecular weight is 330 g/mol. The molecule has 0 aromatic carbocycles. The first-order chi connectivity index (χ1) is 9.38. The molecule has 0 amide bonds. The SMILES string of the molecule is CCCCC(O)CCCCCCCCC(C)S(=O)(=O)[O-].[Na+]. The second kappa shape index (κ2) is 14.5. The van der Waals surface area contributed by atoms with Gasteiger partial charge in [0.1, 0.15) is 0 Å². The molecule has 0 aromatic rings. The molecule has 0 spiro atoms. The number of hydrogen-bond donors (Lipinski definition) is 1. The van der Waals surface area contributed by atoms with Crippen molar-refractivity contribution in [2.75, 3.05) is 0 Å². The summed E-state index contributed by atoms with van der Waals surface area (Å²) in [5, 5.41) is 8.92. The first kappa shape index (κ1) is 24.1. The van der Waals surface area contributed by atoms with Gasteiger partial charge in [-0.2, -0.15) is 0 Å². The van der Waals surface area contributed by atoms with Gasteiger partial charge in [-0.15, -0.1) is 0 Å². The summed E-state index contributed by atoms with van der Waals surface area (Å²) in [4.78, 5) is 0. The van der Waals surface area contributed by atoms with Crippen LogP contribution in [0.4, 0.5) is 0 Å². The average Bonchev–Trinajstić information content (AvgIpc) is 2.37. The van der Waals surface area contributed by atoms with E-state index in [2.05, 4.69) is 6.92 Å². The van der Waals surface area contributed by atoms with Crippen molar-refractivity contribution in [2.24, 2.45) is 0 Å². The Kier molecular flexibility index (Phi) is 16.6. The fourth-order valence-corrected chi connectivity index (χ4v) is 2.70. The summed E-state index contributed by atoms with van der Waals surface area (Å²) in [6.45, 7) is 3.62. The van der Waals surface area contributed by atoms with Crippen molar-refractivity contribution in [3.63, 3.8) is 0 Å². The van der Waals surface area contributed by atoms with Gasteiger partial charge in [0.2, 0.25) is 0 Å². The molecule has 0 saturated carbocycles. The van der Waals surface area contributed by atoms with E-state index in [1.54, 1.807) is 0 Å². The van der Waals surface area contributed by atoms with Gasteiger partial charge >= 0.3 is 29.6 Å². The Morgan fingerprint density at radius 3 is 1.81 bits per heavy atom. The van der Waals surface area contributed by atoms with E-state index in [0.717, 1.165) is 64.2 Å². The molecule has 0 rings (SSSR count). The van der Waals surface area contributed by atoms with Crippen molar-refractivity contribution in [2.45, 2.75) is 95.8 Å². The monoisotopic (exact) mass is 330 g/mol. The van der Waals surface area contributed by atoms with E-state index in [1.807, 2.05) is 0 Å². The van der Waals surface area contributed by atoms with Crippen LogP contribution in [0.25, 0.3) is 0 Å². The molecule has 21 heavy (non-hydrogen) atoms. The third-order valence-electron chi connectivity index (χ3n) is 3.78. The van der Waals surface area contributed by atoms with Crippen LogP contribution in [-0.2, 0) is 10.1 Å². The summed E-state index contributed by atoms with van der Waals surface area (Å²) in [5.41, 5.74) is 0. The van der Waals surface area contributed by atoms with Crippen LogP contribution >= 0.6 is 0 Å². The Hall–Kier alpha value is 0.870. The second-order valence-corrected chi connectivity index (χ2v) is 7.59. The molecule has 1 N–H and O–H groups in total. The van der Waals surface area contributed by atoms with Gasteiger partial charge in [0, 0.05) is 5.25 Å². The van der Waals surface area contributed by atoms with E-state index in [-0.39, 0.29) is 35.7 Å². The molecule has 0 radical (unpaired) electrons. The van der Waals surface area contributed by atoms with E-state index in [4.69, 9.17) is 0 Å². The molecule has 0 aliphatic rings. The van der Waals surface area contributed by atoms with Crippen LogP contribution in [0.15, 0.2) is 0 Å². The number of aliphatic hydroxyl groups is 1. The minimum atomic E-state index is -4.10. The second-order valence-electron chi connectivity index (χ2n) is 5.80. The fraction of sp³-hybridized carbons (Fsp3) is 1.00. The molecule has 0 bridgehead atoms. The Morgan fingerprint density at radius 2 is 1.33 bits per heavy atom. The van der Waals surface area contributed by atoms with Crippen molar-refractivity contribution in [1.29, 1.82) is 0 Å². The zero-order chi connectivity index (χ0) is 15.4. The summed E-state index contributed by atoms with van der Waals surface area (Å²) in [5.74, 6) is 0. The van der Waals surface area contributed by atoms with Crippen molar-refractivity contribution in [3.8, 4) is 0 Å². The minimum absolute atomic E-state index is 0. The van der Waals surface area contributed by atoms with Gasteiger partial charge in [0.05, 0.1) is 16.2 Å². The number of rotatable bonds is 13. The first-order valence-corrected chi connectivity index (χ1v) is 9.47. The molecule has 122 valence electrons. The van der Waals surface area contributed by atoms with Crippen LogP contribution in [0, 0.1) is 0 Å². The van der Waals surface area contributed by atoms with E-state index in [0.29, 0.717) is 6.42 Å². The molecule has 0 aromatic heterocycles. The van der Waals surface area contributed by atoms with Gasteiger partial charge in [-0.1, -0.05) is 58.3 Å². The van der Waals surface area contributed by atoms with Gasteiger partial charge in [-0.25, -0.2) is 8.42 Å². The van der Waals surface area contributed by atoms with E-state index >= 15 is 0 Å². The maximum atomic E-state index is 10.7. The van der Waals surface area contributed by atoms with Crippen LogP contribution in [-0.4, -0.2) is 29.4 Å². The van der Waals surface area contributed by atoms with Crippen LogP contribution < -0.4 is 29.6 Å². The van der Waals surface area contributed by atoms with Gasteiger partial charge in [0.25, 0.3) is 0 Å². The third-order valence-corrected chi connectivity index (χ3v) is 5.00. The predicted molar refractivity (Wildman–Crippen MR) is 81.6 cm³/mol. The van der Waals surface area contributed by atoms with Crippen LogP contribution in [0.3, 0.4) is 0 Å². The van der Waals surface area contributed by atoms with Crippen molar-refractivity contribution >= 4 is 10.1 Å². The molecule has 2 unspecified atom stereocenters. The van der Waals surface area contributed by atoms with Crippen LogP contribution in [0.1, 0.15) is 84.5 Å². The van der Waals surface area contributed by atoms with Crippen molar-refractivity contribution < 1.29 is 47.6 Å². The summed E-state index contributed by atoms with van der Waals surface area (Å²) in [6, 6.07) is 0. The van der Waals surface area contributed by atoms with Gasteiger partial charge in [-0.05, 0) is 26.2 Å². The molecular formula is C15H31NaO4S. The maximum Gasteiger partial charge on any atom is 1.00 e. The molecule has 0 aliphatic carbocycles. The van der Waals surface area contributed by atoms with Crippen LogP contribution in [0.2, 0.25) is 0 Å². The van der Waals surface area contributed by atoms with E-state index in [1.165, 1.54) is 6.92 Å². The zero-order valence-electron chi connectivity index (χ0n) is 14.0.